The topological polar surface area (TPSA) is 62.5 Å². The lowest BCUT2D eigenvalue weighted by Crippen LogP contribution is -2.38. The first-order valence-corrected chi connectivity index (χ1v) is 9.68. The van der Waals surface area contributed by atoms with E-state index < -0.39 is 0 Å². The highest BCUT2D eigenvalue weighted by Gasteiger charge is 2.24. The Bertz CT molecular complexity index is 730. The van der Waals surface area contributed by atoms with Crippen molar-refractivity contribution in [1.29, 1.82) is 0 Å². The van der Waals surface area contributed by atoms with E-state index in [2.05, 4.69) is 20.9 Å². The van der Waals surface area contributed by atoms with Crippen LogP contribution in [0.3, 0.4) is 0 Å². The van der Waals surface area contributed by atoms with E-state index in [1.807, 2.05) is 12.3 Å². The summed E-state index contributed by atoms with van der Waals surface area (Å²) in [5.74, 6) is 0.453. The molecule has 2 aromatic rings. The van der Waals surface area contributed by atoms with Crippen LogP contribution in [0.25, 0.3) is 10.2 Å². The molecule has 4 rings (SSSR count). The Hall–Kier alpha value is -1.66. The van der Waals surface area contributed by atoms with Gasteiger partial charge in [-0.25, -0.2) is 0 Å². The third kappa shape index (κ3) is 3.13. The molecule has 2 aliphatic heterocycles. The van der Waals surface area contributed by atoms with Crippen molar-refractivity contribution in [2.24, 2.45) is 11.7 Å². The predicted octanol–water partition coefficient (Wildman–Crippen LogP) is 2.71. The zero-order valence-corrected chi connectivity index (χ0v) is 14.7. The van der Waals surface area contributed by atoms with Crippen LogP contribution in [0.5, 0.6) is 0 Å². The number of fused-ring (bicyclic) bond motifs is 1. The minimum absolute atomic E-state index is 0.367. The molecule has 0 bridgehead atoms. The van der Waals surface area contributed by atoms with Crippen LogP contribution < -0.4 is 10.6 Å². The van der Waals surface area contributed by atoms with Crippen molar-refractivity contribution >= 4 is 33.1 Å². The van der Waals surface area contributed by atoms with Crippen LogP contribution in [0.15, 0.2) is 18.3 Å². The summed E-state index contributed by atoms with van der Waals surface area (Å²) in [6.07, 6.45) is 7.07. The number of carbonyl (C=O) groups excluding carboxylic acids is 1. The number of amides is 1. The van der Waals surface area contributed by atoms with Crippen LogP contribution in [-0.2, 0) is 0 Å². The van der Waals surface area contributed by atoms with E-state index in [0.29, 0.717) is 4.88 Å². The number of anilines is 1. The van der Waals surface area contributed by atoms with Gasteiger partial charge in [-0.2, -0.15) is 0 Å². The zero-order chi connectivity index (χ0) is 16.5. The van der Waals surface area contributed by atoms with Gasteiger partial charge in [-0.3, -0.25) is 9.78 Å². The normalized spacial score (nSPS) is 20.1. The Morgan fingerprint density at radius 1 is 1.25 bits per heavy atom. The first-order chi connectivity index (χ1) is 11.7. The lowest BCUT2D eigenvalue weighted by Gasteiger charge is -2.35. The minimum atomic E-state index is -0.367. The first kappa shape index (κ1) is 15.8. The molecule has 6 heteroatoms. The van der Waals surface area contributed by atoms with Crippen LogP contribution in [0.1, 0.15) is 35.4 Å². The SMILES string of the molecule is NC(=O)c1cc2nccc(N3CCC(CN4CCCC4)CC3)c2s1. The molecule has 2 N–H and O–H groups in total. The Labute approximate surface area is 146 Å². The second-order valence-electron chi connectivity index (χ2n) is 6.96. The summed E-state index contributed by atoms with van der Waals surface area (Å²) >= 11 is 1.47. The van der Waals surface area contributed by atoms with Crippen molar-refractivity contribution in [2.45, 2.75) is 25.7 Å². The fourth-order valence-electron chi connectivity index (χ4n) is 3.98. The van der Waals surface area contributed by atoms with Crippen molar-refractivity contribution in [3.05, 3.63) is 23.2 Å². The second-order valence-corrected chi connectivity index (χ2v) is 8.01. The molecule has 0 radical (unpaired) electrons. The van der Waals surface area contributed by atoms with E-state index in [-0.39, 0.29) is 5.91 Å². The van der Waals surface area contributed by atoms with E-state index in [1.54, 1.807) is 0 Å². The predicted molar refractivity (Wildman–Crippen MR) is 98.7 cm³/mol. The summed E-state index contributed by atoms with van der Waals surface area (Å²) in [7, 11) is 0. The number of rotatable bonds is 4. The minimum Gasteiger partial charge on any atom is -0.370 e. The van der Waals surface area contributed by atoms with Gasteiger partial charge in [0.1, 0.15) is 0 Å². The summed E-state index contributed by atoms with van der Waals surface area (Å²) in [6, 6.07) is 3.89. The van der Waals surface area contributed by atoms with E-state index in [4.69, 9.17) is 5.73 Å². The van der Waals surface area contributed by atoms with Gasteiger partial charge >= 0.3 is 0 Å². The number of piperidine rings is 1. The van der Waals surface area contributed by atoms with Gasteiger partial charge in [-0.1, -0.05) is 0 Å². The molecule has 24 heavy (non-hydrogen) atoms. The average molecular weight is 344 g/mol. The summed E-state index contributed by atoms with van der Waals surface area (Å²) < 4.78 is 1.09. The van der Waals surface area contributed by atoms with Gasteiger partial charge in [0, 0.05) is 25.8 Å². The van der Waals surface area contributed by atoms with Crippen LogP contribution in [-0.4, -0.2) is 48.5 Å². The lowest BCUT2D eigenvalue weighted by molar-refractivity contribution is 0.100. The molecule has 0 atom stereocenters. The first-order valence-electron chi connectivity index (χ1n) is 8.86. The molecule has 0 spiro atoms. The molecule has 1 amide bonds. The van der Waals surface area contributed by atoms with Crippen LogP contribution >= 0.6 is 11.3 Å². The molecule has 2 saturated heterocycles. The van der Waals surface area contributed by atoms with Crippen LogP contribution in [0.4, 0.5) is 5.69 Å². The molecule has 2 fully saturated rings. The molecule has 0 unspecified atom stereocenters. The van der Waals surface area contributed by atoms with E-state index in [1.165, 1.54) is 62.3 Å². The van der Waals surface area contributed by atoms with E-state index >= 15 is 0 Å². The molecule has 2 aromatic heterocycles. The highest BCUT2D eigenvalue weighted by Crippen LogP contribution is 2.35. The van der Waals surface area contributed by atoms with Crippen molar-refractivity contribution in [1.82, 2.24) is 9.88 Å². The molecule has 128 valence electrons. The number of nitrogens with two attached hydrogens (primary N) is 1. The number of hydrogen-bond acceptors (Lipinski definition) is 5. The number of nitrogens with zero attached hydrogens (tertiary/aromatic N) is 3. The van der Waals surface area contributed by atoms with Crippen molar-refractivity contribution in [3.8, 4) is 0 Å². The van der Waals surface area contributed by atoms with E-state index in [0.717, 1.165) is 29.2 Å². The number of thiophene rings is 1. The van der Waals surface area contributed by atoms with Crippen molar-refractivity contribution in [3.63, 3.8) is 0 Å². The number of carbonyl (C=O) groups is 1. The third-order valence-electron chi connectivity index (χ3n) is 5.30. The molecule has 5 nitrogen and oxygen atoms in total. The average Bonchev–Trinajstić information content (AvgIpc) is 3.24. The molecule has 0 aliphatic carbocycles. The summed E-state index contributed by atoms with van der Waals surface area (Å²) in [5.41, 5.74) is 7.51. The maximum atomic E-state index is 11.5. The van der Waals surface area contributed by atoms with Gasteiger partial charge < -0.3 is 15.5 Å². The van der Waals surface area contributed by atoms with Gasteiger partial charge in [0.25, 0.3) is 5.91 Å². The largest absolute Gasteiger partial charge is 0.370 e. The van der Waals surface area contributed by atoms with Gasteiger partial charge in [-0.15, -0.1) is 11.3 Å². The highest BCUT2D eigenvalue weighted by molar-refractivity contribution is 7.21. The standard InChI is InChI=1S/C18H24N4OS/c19-18(23)16-11-14-17(24-16)15(3-6-20-14)22-9-4-13(5-10-22)12-21-7-1-2-8-21/h3,6,11,13H,1-2,4-5,7-10,12H2,(H2,19,23). The Balaban J connectivity index is 1.47. The van der Waals surface area contributed by atoms with Crippen molar-refractivity contribution in [2.75, 3.05) is 37.6 Å². The Morgan fingerprint density at radius 2 is 2.00 bits per heavy atom. The molecule has 4 heterocycles. The number of pyridine rings is 1. The lowest BCUT2D eigenvalue weighted by atomic mass is 9.96. The maximum Gasteiger partial charge on any atom is 0.258 e. The maximum absolute atomic E-state index is 11.5. The van der Waals surface area contributed by atoms with Crippen molar-refractivity contribution < 1.29 is 4.79 Å². The molecular weight excluding hydrogens is 320 g/mol. The number of aromatic nitrogens is 1. The monoisotopic (exact) mass is 344 g/mol. The molecular formula is C18H24N4OS. The summed E-state index contributed by atoms with van der Waals surface area (Å²) in [4.78, 5) is 21.5. The Morgan fingerprint density at radius 3 is 2.71 bits per heavy atom. The fraction of sp³-hybridized carbons (Fsp3) is 0.556. The summed E-state index contributed by atoms with van der Waals surface area (Å²) in [5, 5.41) is 0. The highest BCUT2D eigenvalue weighted by atomic mass is 32.1. The smallest absolute Gasteiger partial charge is 0.258 e. The zero-order valence-electron chi connectivity index (χ0n) is 13.9. The van der Waals surface area contributed by atoms with Gasteiger partial charge in [-0.05, 0) is 56.8 Å². The number of hydrogen-bond donors (Lipinski definition) is 1. The number of primary amides is 1. The van der Waals surface area contributed by atoms with E-state index in [9.17, 15) is 4.79 Å². The molecule has 2 aliphatic rings. The van der Waals surface area contributed by atoms with Gasteiger partial charge in [0.05, 0.1) is 20.8 Å². The van der Waals surface area contributed by atoms with Gasteiger partial charge in [0.15, 0.2) is 0 Å². The second kappa shape index (κ2) is 6.69. The summed E-state index contributed by atoms with van der Waals surface area (Å²) in [6.45, 7) is 6.01. The Kier molecular flexibility index (Phi) is 4.41. The quantitative estimate of drug-likeness (QED) is 0.926. The third-order valence-corrected chi connectivity index (χ3v) is 6.47. The fourth-order valence-corrected chi connectivity index (χ4v) is 4.99. The molecule has 0 saturated carbocycles. The van der Waals surface area contributed by atoms with Gasteiger partial charge in [0.2, 0.25) is 0 Å². The number of likely N-dealkylation sites (tertiary alicyclic amines) is 1. The molecule has 0 aromatic carbocycles. The van der Waals surface area contributed by atoms with Crippen LogP contribution in [0.2, 0.25) is 0 Å². The van der Waals surface area contributed by atoms with Crippen LogP contribution in [0, 0.1) is 5.92 Å².